The number of hydrogen-bond acceptors (Lipinski definition) is 5. The Kier molecular flexibility index (Phi) is 5.55. The number of benzene rings is 2. The van der Waals surface area contributed by atoms with Crippen LogP contribution in [0.1, 0.15) is 12.0 Å². The van der Waals surface area contributed by atoms with Crippen LogP contribution >= 0.6 is 11.8 Å². The molecule has 5 nitrogen and oxygen atoms in total. The fraction of sp³-hybridized carbons (Fsp3) is 0.350. The van der Waals surface area contributed by atoms with E-state index in [2.05, 4.69) is 10.2 Å². The van der Waals surface area contributed by atoms with Crippen molar-refractivity contribution in [3.05, 3.63) is 54.1 Å². The van der Waals surface area contributed by atoms with E-state index >= 15 is 0 Å². The molecule has 0 bridgehead atoms. The number of amides is 1. The van der Waals surface area contributed by atoms with Crippen LogP contribution < -0.4 is 10.1 Å². The van der Waals surface area contributed by atoms with Gasteiger partial charge in [-0.2, -0.15) is 0 Å². The maximum Gasteiger partial charge on any atom is 0.255 e. The number of carbonyl (C=O) groups is 1. The van der Waals surface area contributed by atoms with Gasteiger partial charge in [-0.25, -0.2) is 0 Å². The van der Waals surface area contributed by atoms with Gasteiger partial charge in [-0.15, -0.1) is 11.8 Å². The molecule has 2 aromatic carbocycles. The van der Waals surface area contributed by atoms with Gasteiger partial charge in [0, 0.05) is 4.90 Å². The number of nitrogens with zero attached hydrogens (tertiary/aromatic N) is 1. The van der Waals surface area contributed by atoms with E-state index in [-0.39, 0.29) is 5.91 Å². The van der Waals surface area contributed by atoms with E-state index in [4.69, 9.17) is 4.74 Å². The maximum atomic E-state index is 12.7. The molecular formula is C20H24N2O3S. The van der Waals surface area contributed by atoms with Gasteiger partial charge in [-0.05, 0) is 56.9 Å². The maximum absolute atomic E-state index is 12.7. The standard InChI is InChI=1S/C20H24N2O3S/c1-22(2)13-12-20(14-8-10-15(25-3)11-9-14)18(23)19(24)21-16-6-4-5-7-17(16)26-20/h4-11,18,23H,12-13H2,1-3H3,(H,21,24). The van der Waals surface area contributed by atoms with Crippen LogP contribution in [0, 0.1) is 0 Å². The number of methoxy groups -OCH3 is 1. The molecule has 0 aromatic heterocycles. The van der Waals surface area contributed by atoms with Gasteiger partial charge >= 0.3 is 0 Å². The van der Waals surface area contributed by atoms with Crippen LogP contribution in [0.2, 0.25) is 0 Å². The molecule has 26 heavy (non-hydrogen) atoms. The number of aliphatic hydroxyl groups is 1. The van der Waals surface area contributed by atoms with Gasteiger partial charge < -0.3 is 20.1 Å². The lowest BCUT2D eigenvalue weighted by Crippen LogP contribution is -2.45. The normalized spacial score (nSPS) is 22.5. The van der Waals surface area contributed by atoms with Gasteiger partial charge in [0.2, 0.25) is 0 Å². The molecule has 2 aromatic rings. The van der Waals surface area contributed by atoms with Gasteiger partial charge in [0.25, 0.3) is 5.91 Å². The molecule has 0 spiro atoms. The summed E-state index contributed by atoms with van der Waals surface area (Å²) >= 11 is 1.54. The minimum atomic E-state index is -1.17. The van der Waals surface area contributed by atoms with Crippen molar-refractivity contribution in [3.63, 3.8) is 0 Å². The third-order valence-electron chi connectivity index (χ3n) is 4.64. The van der Waals surface area contributed by atoms with E-state index in [9.17, 15) is 9.90 Å². The van der Waals surface area contributed by atoms with E-state index in [1.165, 1.54) is 0 Å². The highest BCUT2D eigenvalue weighted by Gasteiger charge is 2.46. The molecule has 3 rings (SSSR count). The van der Waals surface area contributed by atoms with Crippen molar-refractivity contribution in [3.8, 4) is 5.75 Å². The summed E-state index contributed by atoms with van der Waals surface area (Å²) in [5, 5.41) is 13.9. The molecule has 2 atom stereocenters. The molecule has 6 heteroatoms. The first-order valence-corrected chi connectivity index (χ1v) is 9.34. The smallest absolute Gasteiger partial charge is 0.255 e. The van der Waals surface area contributed by atoms with Crippen LogP contribution in [0.15, 0.2) is 53.4 Å². The second-order valence-corrected chi connectivity index (χ2v) is 8.03. The number of thioether (sulfide) groups is 1. The molecule has 2 unspecified atom stereocenters. The second kappa shape index (κ2) is 7.70. The Bertz CT molecular complexity index is 779. The third-order valence-corrected chi connectivity index (χ3v) is 6.24. The van der Waals surface area contributed by atoms with Gasteiger partial charge in [0.05, 0.1) is 17.5 Å². The van der Waals surface area contributed by atoms with Crippen molar-refractivity contribution in [2.24, 2.45) is 0 Å². The van der Waals surface area contributed by atoms with Crippen molar-refractivity contribution in [2.45, 2.75) is 22.2 Å². The van der Waals surface area contributed by atoms with E-state index in [1.807, 2.05) is 62.6 Å². The highest BCUT2D eigenvalue weighted by atomic mass is 32.2. The molecule has 1 heterocycles. The highest BCUT2D eigenvalue weighted by molar-refractivity contribution is 8.00. The topological polar surface area (TPSA) is 61.8 Å². The molecule has 1 aliphatic rings. The van der Waals surface area contributed by atoms with Gasteiger partial charge in [0.15, 0.2) is 6.10 Å². The molecule has 0 fully saturated rings. The number of rotatable bonds is 5. The van der Waals surface area contributed by atoms with E-state index < -0.39 is 10.9 Å². The summed E-state index contributed by atoms with van der Waals surface area (Å²) in [7, 11) is 5.60. The van der Waals surface area contributed by atoms with E-state index in [1.54, 1.807) is 18.9 Å². The van der Waals surface area contributed by atoms with Crippen LogP contribution in [0.4, 0.5) is 5.69 Å². The summed E-state index contributed by atoms with van der Waals surface area (Å²) in [5.41, 5.74) is 1.64. The van der Waals surface area contributed by atoms with Gasteiger partial charge in [0.1, 0.15) is 5.75 Å². The molecule has 1 aliphatic heterocycles. The Labute approximate surface area is 158 Å². The van der Waals surface area contributed by atoms with Crippen molar-refractivity contribution in [2.75, 3.05) is 33.1 Å². The largest absolute Gasteiger partial charge is 0.497 e. The van der Waals surface area contributed by atoms with Crippen LogP contribution in [-0.2, 0) is 9.54 Å². The van der Waals surface area contributed by atoms with E-state index in [0.717, 1.165) is 28.4 Å². The number of aliphatic hydroxyl groups excluding tert-OH is 1. The Hall–Kier alpha value is -2.02. The molecule has 0 saturated heterocycles. The average molecular weight is 372 g/mol. The number of carbonyl (C=O) groups excluding carboxylic acids is 1. The summed E-state index contributed by atoms with van der Waals surface area (Å²) in [6, 6.07) is 15.3. The number of fused-ring (bicyclic) bond motifs is 1. The SMILES string of the molecule is COc1ccc(C2(CCN(C)C)Sc3ccccc3NC(=O)C2O)cc1. The molecule has 1 amide bonds. The van der Waals surface area contributed by atoms with Crippen molar-refractivity contribution < 1.29 is 14.6 Å². The van der Waals surface area contributed by atoms with Crippen LogP contribution in [0.3, 0.4) is 0 Å². The lowest BCUT2D eigenvalue weighted by molar-refractivity contribution is -0.125. The molecule has 0 radical (unpaired) electrons. The van der Waals surface area contributed by atoms with Crippen molar-refractivity contribution >= 4 is 23.4 Å². The first-order chi connectivity index (χ1) is 12.5. The molecule has 0 aliphatic carbocycles. The lowest BCUT2D eigenvalue weighted by Gasteiger charge is -2.36. The van der Waals surface area contributed by atoms with Gasteiger partial charge in [-0.3, -0.25) is 4.79 Å². The number of para-hydroxylation sites is 1. The number of anilines is 1. The first-order valence-electron chi connectivity index (χ1n) is 8.52. The van der Waals surface area contributed by atoms with Crippen molar-refractivity contribution in [1.29, 1.82) is 0 Å². The predicted molar refractivity (Wildman–Crippen MR) is 105 cm³/mol. The Morgan fingerprint density at radius 3 is 2.54 bits per heavy atom. The van der Waals surface area contributed by atoms with Crippen LogP contribution in [-0.4, -0.2) is 49.8 Å². The Morgan fingerprint density at radius 1 is 1.19 bits per heavy atom. The molecular weight excluding hydrogens is 348 g/mol. The van der Waals surface area contributed by atoms with Crippen molar-refractivity contribution in [1.82, 2.24) is 4.90 Å². The number of ether oxygens (including phenoxy) is 1. The summed E-state index contributed by atoms with van der Waals surface area (Å²) in [6.07, 6.45) is -0.548. The zero-order chi connectivity index (χ0) is 18.7. The fourth-order valence-electron chi connectivity index (χ4n) is 3.14. The lowest BCUT2D eigenvalue weighted by atomic mass is 9.88. The second-order valence-electron chi connectivity index (χ2n) is 6.66. The van der Waals surface area contributed by atoms with E-state index in [0.29, 0.717) is 6.42 Å². The summed E-state index contributed by atoms with van der Waals surface area (Å²) in [6.45, 7) is 0.742. The quantitative estimate of drug-likeness (QED) is 0.845. The number of hydrogen-bond donors (Lipinski definition) is 2. The number of nitrogens with one attached hydrogen (secondary N) is 1. The minimum absolute atomic E-state index is 0.378. The summed E-state index contributed by atoms with van der Waals surface area (Å²) in [4.78, 5) is 15.7. The molecule has 2 N–H and O–H groups in total. The Balaban J connectivity index is 2.12. The summed E-state index contributed by atoms with van der Waals surface area (Å²) in [5.74, 6) is 0.367. The minimum Gasteiger partial charge on any atom is -0.497 e. The average Bonchev–Trinajstić information content (AvgIpc) is 2.76. The monoisotopic (exact) mass is 372 g/mol. The van der Waals surface area contributed by atoms with Crippen LogP contribution in [0.25, 0.3) is 0 Å². The first kappa shape index (κ1) is 18.8. The third kappa shape index (κ3) is 3.58. The zero-order valence-electron chi connectivity index (χ0n) is 15.2. The fourth-order valence-corrected chi connectivity index (χ4v) is 4.57. The zero-order valence-corrected chi connectivity index (χ0v) is 16.0. The Morgan fingerprint density at radius 2 is 1.88 bits per heavy atom. The predicted octanol–water partition coefficient (Wildman–Crippen LogP) is 2.95. The molecule has 0 saturated carbocycles. The highest BCUT2D eigenvalue weighted by Crippen LogP contribution is 2.51. The van der Waals surface area contributed by atoms with Crippen LogP contribution in [0.5, 0.6) is 5.75 Å². The van der Waals surface area contributed by atoms with Gasteiger partial charge in [-0.1, -0.05) is 24.3 Å². The summed E-state index contributed by atoms with van der Waals surface area (Å²) < 4.78 is 4.48. The molecule has 138 valence electrons.